The molecule has 3 atom stereocenters. The number of carboxylic acids is 1. The van der Waals surface area contributed by atoms with Gasteiger partial charge in [0.15, 0.2) is 0 Å². The summed E-state index contributed by atoms with van der Waals surface area (Å²) in [7, 11) is 3.40. The second-order valence-electron chi connectivity index (χ2n) is 10.9. The van der Waals surface area contributed by atoms with E-state index in [0.29, 0.717) is 26.2 Å². The van der Waals surface area contributed by atoms with Crippen molar-refractivity contribution in [3.05, 3.63) is 53.6 Å². The van der Waals surface area contributed by atoms with Gasteiger partial charge in [0.1, 0.15) is 18.1 Å². The molecule has 1 fully saturated rings. The molecule has 8 nitrogen and oxygen atoms in total. The number of aliphatic carboxylic acids is 1. The van der Waals surface area contributed by atoms with E-state index in [2.05, 4.69) is 34.5 Å². The van der Waals surface area contributed by atoms with Gasteiger partial charge in [0, 0.05) is 38.8 Å². The standard InChI is InChI=1S/C30H42N2O6/c1-30(2,29(33)34)18-23-17-25(22-7-9-24(36-4)10-8-22)28(19-31-23)38-20-21-6-11-27-26(16-21)32(13-15-37-27)12-5-14-35-3/h6-11,16,23,25,28,31H,5,12-15,17-20H2,1-4H3,(H,33,34)/t23-,25-,28+/m1/s1. The summed E-state index contributed by atoms with van der Waals surface area (Å²) in [6.07, 6.45) is 2.29. The van der Waals surface area contributed by atoms with E-state index in [1.165, 1.54) is 5.56 Å². The van der Waals surface area contributed by atoms with Crippen LogP contribution in [0.1, 0.15) is 50.2 Å². The lowest BCUT2D eigenvalue weighted by atomic mass is 9.78. The molecule has 0 aliphatic carbocycles. The zero-order valence-corrected chi connectivity index (χ0v) is 23.1. The molecule has 4 rings (SSSR count). The zero-order chi connectivity index (χ0) is 27.1. The highest BCUT2D eigenvalue weighted by atomic mass is 16.5. The summed E-state index contributed by atoms with van der Waals surface area (Å²) in [4.78, 5) is 14.1. The Bertz CT molecular complexity index is 1060. The van der Waals surface area contributed by atoms with Crippen LogP contribution in [0.5, 0.6) is 11.5 Å². The fourth-order valence-corrected chi connectivity index (χ4v) is 5.45. The highest BCUT2D eigenvalue weighted by Crippen LogP contribution is 2.37. The van der Waals surface area contributed by atoms with E-state index in [1.807, 2.05) is 18.2 Å². The van der Waals surface area contributed by atoms with Gasteiger partial charge >= 0.3 is 5.97 Å². The first-order valence-electron chi connectivity index (χ1n) is 13.5. The number of nitrogens with one attached hydrogen (secondary N) is 1. The number of rotatable bonds is 12. The SMILES string of the molecule is COCCCN1CCOc2ccc(CO[C@H]3CN[C@@H](CC(C)(C)C(=O)O)C[C@@H]3c3ccc(OC)cc3)cc21. The number of fused-ring (bicyclic) bond motifs is 1. The van der Waals surface area contributed by atoms with Crippen LogP contribution in [-0.2, 0) is 20.9 Å². The van der Waals surface area contributed by atoms with Crippen LogP contribution in [0, 0.1) is 5.41 Å². The molecule has 2 heterocycles. The number of hydrogen-bond donors (Lipinski definition) is 2. The minimum Gasteiger partial charge on any atom is -0.497 e. The highest BCUT2D eigenvalue weighted by Gasteiger charge is 2.37. The third-order valence-electron chi connectivity index (χ3n) is 7.70. The maximum Gasteiger partial charge on any atom is 0.309 e. The van der Waals surface area contributed by atoms with E-state index < -0.39 is 11.4 Å². The molecule has 0 aromatic heterocycles. The molecule has 0 spiro atoms. The summed E-state index contributed by atoms with van der Waals surface area (Å²) in [5.41, 5.74) is 2.60. The van der Waals surface area contributed by atoms with Crippen molar-refractivity contribution in [1.29, 1.82) is 0 Å². The van der Waals surface area contributed by atoms with E-state index in [9.17, 15) is 9.90 Å². The predicted molar refractivity (Wildman–Crippen MR) is 147 cm³/mol. The van der Waals surface area contributed by atoms with Crippen LogP contribution in [0.2, 0.25) is 0 Å². The molecule has 0 bridgehead atoms. The van der Waals surface area contributed by atoms with Crippen molar-refractivity contribution in [2.45, 2.75) is 57.8 Å². The van der Waals surface area contributed by atoms with Crippen molar-refractivity contribution in [2.24, 2.45) is 5.41 Å². The summed E-state index contributed by atoms with van der Waals surface area (Å²) in [6, 6.07) is 14.5. The van der Waals surface area contributed by atoms with Gasteiger partial charge in [0.05, 0.1) is 37.5 Å². The number of piperidine rings is 1. The number of carbonyl (C=O) groups is 1. The summed E-state index contributed by atoms with van der Waals surface area (Å²) in [5.74, 6) is 1.10. The first-order chi connectivity index (χ1) is 18.3. The maximum atomic E-state index is 11.8. The van der Waals surface area contributed by atoms with Gasteiger partial charge in [0.2, 0.25) is 0 Å². The number of methoxy groups -OCH3 is 2. The molecule has 2 aromatic carbocycles. The highest BCUT2D eigenvalue weighted by molar-refractivity contribution is 5.73. The van der Waals surface area contributed by atoms with Crippen LogP contribution in [0.25, 0.3) is 0 Å². The first kappa shape index (κ1) is 28.2. The summed E-state index contributed by atoms with van der Waals surface area (Å²) < 4.78 is 23.0. The third-order valence-corrected chi connectivity index (χ3v) is 7.70. The molecular formula is C30H42N2O6. The van der Waals surface area contributed by atoms with Crippen molar-refractivity contribution >= 4 is 11.7 Å². The van der Waals surface area contributed by atoms with E-state index in [1.54, 1.807) is 28.1 Å². The van der Waals surface area contributed by atoms with Crippen LogP contribution >= 0.6 is 0 Å². The van der Waals surface area contributed by atoms with Crippen LogP contribution in [0.4, 0.5) is 5.69 Å². The average molecular weight is 527 g/mol. The van der Waals surface area contributed by atoms with Crippen LogP contribution < -0.4 is 19.7 Å². The number of hydrogen-bond acceptors (Lipinski definition) is 7. The van der Waals surface area contributed by atoms with Gasteiger partial charge in [-0.15, -0.1) is 0 Å². The zero-order valence-electron chi connectivity index (χ0n) is 23.1. The Hall–Kier alpha value is -2.81. The lowest BCUT2D eigenvalue weighted by Crippen LogP contribution is -2.49. The monoisotopic (exact) mass is 526 g/mol. The molecule has 2 aliphatic heterocycles. The minimum atomic E-state index is -0.795. The maximum absolute atomic E-state index is 11.8. The van der Waals surface area contributed by atoms with E-state index >= 15 is 0 Å². The van der Waals surface area contributed by atoms with Gasteiger partial charge < -0.3 is 34.3 Å². The van der Waals surface area contributed by atoms with E-state index in [0.717, 1.165) is 55.3 Å². The molecular weight excluding hydrogens is 484 g/mol. The molecule has 1 saturated heterocycles. The predicted octanol–water partition coefficient (Wildman–Crippen LogP) is 4.46. The number of nitrogens with zero attached hydrogens (tertiary/aromatic N) is 1. The van der Waals surface area contributed by atoms with Crippen LogP contribution in [0.3, 0.4) is 0 Å². The molecule has 0 saturated carbocycles. The topological polar surface area (TPSA) is 89.5 Å². The Morgan fingerprint density at radius 3 is 2.68 bits per heavy atom. The minimum absolute atomic E-state index is 0.0438. The van der Waals surface area contributed by atoms with Crippen LogP contribution in [0.15, 0.2) is 42.5 Å². The lowest BCUT2D eigenvalue weighted by molar-refractivity contribution is -0.147. The first-order valence-corrected chi connectivity index (χ1v) is 13.5. The molecule has 2 N–H and O–H groups in total. The van der Waals surface area contributed by atoms with Gasteiger partial charge in [-0.05, 0) is 68.5 Å². The lowest BCUT2D eigenvalue weighted by Gasteiger charge is -2.39. The molecule has 208 valence electrons. The fourth-order valence-electron chi connectivity index (χ4n) is 5.45. The van der Waals surface area contributed by atoms with Gasteiger partial charge in [-0.2, -0.15) is 0 Å². The molecule has 0 amide bonds. The average Bonchev–Trinajstić information content (AvgIpc) is 2.92. The Balaban J connectivity index is 1.47. The number of ether oxygens (including phenoxy) is 4. The molecule has 0 radical (unpaired) electrons. The van der Waals surface area contributed by atoms with Gasteiger partial charge in [-0.3, -0.25) is 4.79 Å². The third kappa shape index (κ3) is 6.98. The number of benzene rings is 2. The smallest absolute Gasteiger partial charge is 0.309 e. The van der Waals surface area contributed by atoms with Crippen molar-refractivity contribution in [3.63, 3.8) is 0 Å². The summed E-state index contributed by atoms with van der Waals surface area (Å²) >= 11 is 0. The Kier molecular flexibility index (Phi) is 9.52. The number of anilines is 1. The second-order valence-corrected chi connectivity index (χ2v) is 10.9. The van der Waals surface area contributed by atoms with Crippen molar-refractivity contribution < 1.29 is 28.8 Å². The van der Waals surface area contributed by atoms with Crippen molar-refractivity contribution in [1.82, 2.24) is 5.32 Å². The van der Waals surface area contributed by atoms with Gasteiger partial charge in [-0.25, -0.2) is 0 Å². The number of carboxylic acid groups (broad SMARTS) is 1. The summed E-state index contributed by atoms with van der Waals surface area (Å²) in [6.45, 7) is 7.95. The largest absolute Gasteiger partial charge is 0.497 e. The van der Waals surface area contributed by atoms with Crippen molar-refractivity contribution in [3.8, 4) is 11.5 Å². The quantitative estimate of drug-likeness (QED) is 0.392. The van der Waals surface area contributed by atoms with Crippen molar-refractivity contribution in [2.75, 3.05) is 52.0 Å². The molecule has 38 heavy (non-hydrogen) atoms. The summed E-state index contributed by atoms with van der Waals surface area (Å²) in [5, 5.41) is 13.2. The van der Waals surface area contributed by atoms with Crippen LogP contribution in [-0.4, -0.2) is 70.3 Å². The second kappa shape index (κ2) is 12.8. The molecule has 2 aliphatic rings. The van der Waals surface area contributed by atoms with E-state index in [-0.39, 0.29) is 18.1 Å². The fraction of sp³-hybridized carbons (Fsp3) is 0.567. The van der Waals surface area contributed by atoms with E-state index in [4.69, 9.17) is 18.9 Å². The molecule has 8 heteroatoms. The Morgan fingerprint density at radius 2 is 1.97 bits per heavy atom. The van der Waals surface area contributed by atoms with Gasteiger partial charge in [-0.1, -0.05) is 18.2 Å². The molecule has 0 unspecified atom stereocenters. The normalized spacial score (nSPS) is 21.5. The molecule has 2 aromatic rings. The Morgan fingerprint density at radius 1 is 1.18 bits per heavy atom. The Labute approximate surface area is 226 Å². The van der Waals surface area contributed by atoms with Gasteiger partial charge in [0.25, 0.3) is 0 Å².